The van der Waals surface area contributed by atoms with Crippen molar-refractivity contribution in [2.24, 2.45) is 5.92 Å². The van der Waals surface area contributed by atoms with Gasteiger partial charge in [0, 0.05) is 26.1 Å². The summed E-state index contributed by atoms with van der Waals surface area (Å²) in [4.78, 5) is 14.4. The Bertz CT molecular complexity index is 943. The van der Waals surface area contributed by atoms with E-state index < -0.39 is 0 Å². The fourth-order valence-electron chi connectivity index (χ4n) is 3.94. The summed E-state index contributed by atoms with van der Waals surface area (Å²) >= 11 is 0. The van der Waals surface area contributed by atoms with E-state index in [1.54, 1.807) is 0 Å². The molecule has 0 atom stereocenters. The minimum Gasteiger partial charge on any atom is -0.334 e. The van der Waals surface area contributed by atoms with Crippen LogP contribution < -0.4 is 5.32 Å². The van der Waals surface area contributed by atoms with Gasteiger partial charge in [-0.3, -0.25) is 0 Å². The van der Waals surface area contributed by atoms with Crippen LogP contribution in [0.2, 0.25) is 0 Å². The van der Waals surface area contributed by atoms with Crippen LogP contribution in [0, 0.1) is 12.8 Å². The molecule has 3 aromatic rings. The van der Waals surface area contributed by atoms with Crippen LogP contribution in [0.3, 0.4) is 0 Å². The van der Waals surface area contributed by atoms with Crippen molar-refractivity contribution < 1.29 is 4.79 Å². The topological polar surface area (TPSA) is 63.1 Å². The molecule has 2 aromatic carbocycles. The second-order valence-corrected chi connectivity index (χ2v) is 8.14. The van der Waals surface area contributed by atoms with Gasteiger partial charge in [0.15, 0.2) is 0 Å². The predicted molar refractivity (Wildman–Crippen MR) is 117 cm³/mol. The average Bonchev–Trinajstić information content (AvgIpc) is 3.21. The van der Waals surface area contributed by atoms with Crippen LogP contribution in [0.1, 0.15) is 35.4 Å². The van der Waals surface area contributed by atoms with E-state index in [0.717, 1.165) is 50.3 Å². The molecular weight excluding hydrogens is 374 g/mol. The van der Waals surface area contributed by atoms with Crippen LogP contribution in [0.15, 0.2) is 60.9 Å². The van der Waals surface area contributed by atoms with Crippen molar-refractivity contribution in [3.63, 3.8) is 0 Å². The van der Waals surface area contributed by atoms with Crippen LogP contribution in [0.5, 0.6) is 0 Å². The van der Waals surface area contributed by atoms with Gasteiger partial charge < -0.3 is 14.8 Å². The second-order valence-electron chi connectivity index (χ2n) is 8.14. The Balaban J connectivity index is 1.24. The number of nitrogens with one attached hydrogen (secondary N) is 1. The number of urea groups is 1. The maximum Gasteiger partial charge on any atom is 0.317 e. The Labute approximate surface area is 177 Å². The van der Waals surface area contributed by atoms with E-state index in [1.165, 1.54) is 11.1 Å². The van der Waals surface area contributed by atoms with Crippen molar-refractivity contribution in [3.05, 3.63) is 83.4 Å². The minimum absolute atomic E-state index is 0.0290. The van der Waals surface area contributed by atoms with Gasteiger partial charge in [-0.1, -0.05) is 60.2 Å². The molecule has 1 aromatic heterocycles. The first-order chi connectivity index (χ1) is 14.7. The summed E-state index contributed by atoms with van der Waals surface area (Å²) in [5.74, 6) is 1.56. The van der Waals surface area contributed by atoms with Gasteiger partial charge in [-0.2, -0.15) is 0 Å². The van der Waals surface area contributed by atoms with Crippen molar-refractivity contribution in [3.8, 4) is 0 Å². The standard InChI is InChI=1S/C24H29N5O/c1-19-7-9-21(10-8-19)16-25-24(30)28-13-11-20(12-14-28)15-23-27-26-18-29(23)17-22-5-3-2-4-6-22/h2-10,18,20H,11-17H2,1H3,(H,25,30). The molecule has 0 bridgehead atoms. The third-order valence-corrected chi connectivity index (χ3v) is 5.83. The molecule has 6 nitrogen and oxygen atoms in total. The molecule has 0 unspecified atom stereocenters. The maximum atomic E-state index is 12.5. The molecule has 2 heterocycles. The van der Waals surface area contributed by atoms with E-state index in [-0.39, 0.29) is 6.03 Å². The third-order valence-electron chi connectivity index (χ3n) is 5.83. The van der Waals surface area contributed by atoms with Crippen molar-refractivity contribution in [2.75, 3.05) is 13.1 Å². The van der Waals surface area contributed by atoms with Crippen molar-refractivity contribution >= 4 is 6.03 Å². The number of aromatic nitrogens is 3. The summed E-state index contributed by atoms with van der Waals surface area (Å²) in [5.41, 5.74) is 3.60. The molecule has 0 radical (unpaired) electrons. The van der Waals surface area contributed by atoms with E-state index in [9.17, 15) is 4.79 Å². The number of hydrogen-bond acceptors (Lipinski definition) is 3. The largest absolute Gasteiger partial charge is 0.334 e. The smallest absolute Gasteiger partial charge is 0.317 e. The minimum atomic E-state index is 0.0290. The normalized spacial score (nSPS) is 14.6. The monoisotopic (exact) mass is 403 g/mol. The van der Waals surface area contributed by atoms with Gasteiger partial charge in [-0.05, 0) is 36.8 Å². The zero-order valence-electron chi connectivity index (χ0n) is 17.5. The van der Waals surface area contributed by atoms with Crippen LogP contribution in [-0.2, 0) is 19.5 Å². The van der Waals surface area contributed by atoms with Crippen molar-refractivity contribution in [1.82, 2.24) is 25.0 Å². The third kappa shape index (κ3) is 5.26. The second kappa shape index (κ2) is 9.57. The average molecular weight is 404 g/mol. The van der Waals surface area contributed by atoms with Gasteiger partial charge in [0.2, 0.25) is 0 Å². The number of benzene rings is 2. The lowest BCUT2D eigenvalue weighted by molar-refractivity contribution is 0.169. The molecule has 0 aliphatic carbocycles. The summed E-state index contributed by atoms with van der Waals surface area (Å²) in [6.45, 7) is 5.01. The molecule has 0 saturated carbocycles. The molecular formula is C24H29N5O. The van der Waals surface area contributed by atoms with Gasteiger partial charge in [0.05, 0.1) is 6.54 Å². The molecule has 1 aliphatic rings. The van der Waals surface area contributed by atoms with Crippen LogP contribution >= 0.6 is 0 Å². The molecule has 2 amide bonds. The number of aryl methyl sites for hydroxylation is 1. The first-order valence-electron chi connectivity index (χ1n) is 10.7. The SMILES string of the molecule is Cc1ccc(CNC(=O)N2CCC(Cc3nncn3Cc3ccccc3)CC2)cc1. The number of piperidine rings is 1. The molecule has 1 saturated heterocycles. The number of nitrogens with zero attached hydrogens (tertiary/aromatic N) is 4. The summed E-state index contributed by atoms with van der Waals surface area (Å²) in [5, 5.41) is 11.5. The van der Waals surface area contributed by atoms with Crippen molar-refractivity contribution in [1.29, 1.82) is 0 Å². The number of hydrogen-bond donors (Lipinski definition) is 1. The number of rotatable bonds is 6. The zero-order valence-corrected chi connectivity index (χ0v) is 17.5. The molecule has 0 spiro atoms. The van der Waals surface area contributed by atoms with Gasteiger partial charge in [0.25, 0.3) is 0 Å². The number of carbonyl (C=O) groups excluding carboxylic acids is 1. The van der Waals surface area contributed by atoms with E-state index in [4.69, 9.17) is 0 Å². The van der Waals surface area contributed by atoms with Gasteiger partial charge in [-0.15, -0.1) is 10.2 Å². The fourth-order valence-corrected chi connectivity index (χ4v) is 3.94. The summed E-state index contributed by atoms with van der Waals surface area (Å²) < 4.78 is 2.13. The van der Waals surface area contributed by atoms with E-state index in [0.29, 0.717) is 12.5 Å². The zero-order chi connectivity index (χ0) is 20.8. The number of likely N-dealkylation sites (tertiary alicyclic amines) is 1. The maximum absolute atomic E-state index is 12.5. The van der Waals surface area contributed by atoms with E-state index in [2.05, 4.69) is 75.5 Å². The highest BCUT2D eigenvalue weighted by atomic mass is 16.2. The van der Waals surface area contributed by atoms with E-state index >= 15 is 0 Å². The highest BCUT2D eigenvalue weighted by molar-refractivity contribution is 5.74. The van der Waals surface area contributed by atoms with Gasteiger partial charge >= 0.3 is 6.03 Å². The van der Waals surface area contributed by atoms with Crippen LogP contribution in [-0.4, -0.2) is 38.8 Å². The molecule has 30 heavy (non-hydrogen) atoms. The lowest BCUT2D eigenvalue weighted by Gasteiger charge is -2.32. The molecule has 1 N–H and O–H groups in total. The molecule has 4 rings (SSSR count). The van der Waals surface area contributed by atoms with Gasteiger partial charge in [-0.25, -0.2) is 4.79 Å². The molecule has 1 fully saturated rings. The summed E-state index contributed by atoms with van der Waals surface area (Å²) in [6.07, 6.45) is 4.72. The van der Waals surface area contributed by atoms with E-state index in [1.807, 2.05) is 17.3 Å². The highest BCUT2D eigenvalue weighted by Crippen LogP contribution is 2.21. The number of carbonyl (C=O) groups is 1. The Morgan fingerprint density at radius 1 is 1.03 bits per heavy atom. The first kappa shape index (κ1) is 20.1. The predicted octanol–water partition coefficient (Wildman–Crippen LogP) is 3.80. The quantitative estimate of drug-likeness (QED) is 0.681. The highest BCUT2D eigenvalue weighted by Gasteiger charge is 2.24. The van der Waals surface area contributed by atoms with Crippen LogP contribution in [0.25, 0.3) is 0 Å². The molecule has 156 valence electrons. The Morgan fingerprint density at radius 2 is 1.77 bits per heavy atom. The Kier molecular flexibility index (Phi) is 6.42. The lowest BCUT2D eigenvalue weighted by Crippen LogP contribution is -2.44. The number of amides is 2. The Hall–Kier alpha value is -3.15. The molecule has 1 aliphatic heterocycles. The summed E-state index contributed by atoms with van der Waals surface area (Å²) in [6, 6.07) is 18.7. The Morgan fingerprint density at radius 3 is 2.50 bits per heavy atom. The van der Waals surface area contributed by atoms with Gasteiger partial charge in [0.1, 0.15) is 12.2 Å². The lowest BCUT2D eigenvalue weighted by atomic mass is 9.93. The molecule has 6 heteroatoms. The first-order valence-corrected chi connectivity index (χ1v) is 10.7. The van der Waals surface area contributed by atoms with Crippen LogP contribution in [0.4, 0.5) is 4.79 Å². The van der Waals surface area contributed by atoms with Crippen molar-refractivity contribution in [2.45, 2.75) is 39.3 Å². The fraction of sp³-hybridized carbons (Fsp3) is 0.375. The summed E-state index contributed by atoms with van der Waals surface area (Å²) in [7, 11) is 0.